The molecule has 0 saturated heterocycles. The van der Waals surface area contributed by atoms with Crippen LogP contribution in [0, 0.1) is 0 Å². The summed E-state index contributed by atoms with van der Waals surface area (Å²) in [6, 6.07) is 104. The van der Waals surface area contributed by atoms with E-state index in [1.54, 1.807) is 0 Å². The zero-order valence-corrected chi connectivity index (χ0v) is 37.6. The van der Waals surface area contributed by atoms with Crippen LogP contribution >= 0.6 is 0 Å². The SMILES string of the molecule is c1ccc(-c2ccc(N(c3ccccc3)c3ccc(-c4ccc(-c5ccc(N(c6ccccc6)c6ccc(-c7ccccc7)c(-c7ccccc7)c6)cc5)cc4)cc3)cc2-c2ccccc2)cc1. The number of anilines is 6. The lowest BCUT2D eigenvalue weighted by Gasteiger charge is -2.27. The summed E-state index contributed by atoms with van der Waals surface area (Å²) >= 11 is 0. The topological polar surface area (TPSA) is 6.48 Å². The van der Waals surface area contributed by atoms with Gasteiger partial charge in [-0.05, 0) is 140 Å². The first kappa shape index (κ1) is 41.7. The smallest absolute Gasteiger partial charge is 0.0468 e. The van der Waals surface area contributed by atoms with Gasteiger partial charge in [0.25, 0.3) is 0 Å². The van der Waals surface area contributed by atoms with E-state index in [0.717, 1.165) is 34.1 Å². The van der Waals surface area contributed by atoms with Gasteiger partial charge < -0.3 is 9.80 Å². The Balaban J connectivity index is 0.880. The van der Waals surface area contributed by atoms with Crippen molar-refractivity contribution in [2.24, 2.45) is 0 Å². The van der Waals surface area contributed by atoms with E-state index in [0.29, 0.717) is 0 Å². The van der Waals surface area contributed by atoms with Crippen LogP contribution in [0.2, 0.25) is 0 Å². The third kappa shape index (κ3) is 8.75. The molecule has 0 aromatic heterocycles. The summed E-state index contributed by atoms with van der Waals surface area (Å²) in [6.07, 6.45) is 0. The van der Waals surface area contributed by atoms with E-state index in [4.69, 9.17) is 0 Å². The Morgan fingerprint density at radius 1 is 0.147 bits per heavy atom. The summed E-state index contributed by atoms with van der Waals surface area (Å²) in [6.45, 7) is 0. The lowest BCUT2D eigenvalue weighted by Crippen LogP contribution is -2.10. The minimum absolute atomic E-state index is 1.09. The van der Waals surface area contributed by atoms with Crippen molar-refractivity contribution in [1.82, 2.24) is 0 Å². The fourth-order valence-electron chi connectivity index (χ4n) is 9.30. The third-order valence-electron chi connectivity index (χ3n) is 12.7. The number of para-hydroxylation sites is 2. The minimum atomic E-state index is 1.09. The second kappa shape index (κ2) is 19.2. The molecule has 322 valence electrons. The van der Waals surface area contributed by atoms with Crippen molar-refractivity contribution < 1.29 is 0 Å². The molecule has 0 N–H and O–H groups in total. The molecule has 0 aliphatic heterocycles. The average molecular weight is 869 g/mol. The zero-order chi connectivity index (χ0) is 45.5. The highest BCUT2D eigenvalue weighted by molar-refractivity contribution is 5.91. The van der Waals surface area contributed by atoms with E-state index < -0.39 is 0 Å². The van der Waals surface area contributed by atoms with E-state index in [1.165, 1.54) is 66.8 Å². The molecule has 0 unspecified atom stereocenters. The summed E-state index contributed by atoms with van der Waals surface area (Å²) in [4.78, 5) is 4.69. The van der Waals surface area contributed by atoms with Crippen molar-refractivity contribution in [1.29, 1.82) is 0 Å². The van der Waals surface area contributed by atoms with Gasteiger partial charge in [-0.1, -0.05) is 218 Å². The second-order valence-corrected chi connectivity index (χ2v) is 16.9. The highest BCUT2D eigenvalue weighted by Gasteiger charge is 2.19. The molecular formula is C66H48N2. The first-order chi connectivity index (χ1) is 33.7. The lowest BCUT2D eigenvalue weighted by molar-refractivity contribution is 1.28. The van der Waals surface area contributed by atoms with Gasteiger partial charge >= 0.3 is 0 Å². The summed E-state index contributed by atoms with van der Waals surface area (Å²) in [5.41, 5.74) is 20.9. The minimum Gasteiger partial charge on any atom is -0.310 e. The van der Waals surface area contributed by atoms with Crippen molar-refractivity contribution in [2.75, 3.05) is 9.80 Å². The third-order valence-corrected chi connectivity index (χ3v) is 12.7. The van der Waals surface area contributed by atoms with Crippen LogP contribution in [-0.4, -0.2) is 0 Å². The fraction of sp³-hybridized carbons (Fsp3) is 0. The molecule has 11 aromatic rings. The highest BCUT2D eigenvalue weighted by atomic mass is 15.1. The van der Waals surface area contributed by atoms with Crippen LogP contribution in [0.15, 0.2) is 291 Å². The molecule has 0 aliphatic rings. The van der Waals surface area contributed by atoms with E-state index in [-0.39, 0.29) is 0 Å². The molecular weight excluding hydrogens is 821 g/mol. The van der Waals surface area contributed by atoms with Gasteiger partial charge in [0.1, 0.15) is 0 Å². The van der Waals surface area contributed by atoms with Crippen molar-refractivity contribution in [3.8, 4) is 66.8 Å². The molecule has 0 saturated carbocycles. The normalized spacial score (nSPS) is 10.9. The molecule has 2 nitrogen and oxygen atoms in total. The van der Waals surface area contributed by atoms with Crippen LogP contribution in [0.4, 0.5) is 34.1 Å². The number of hydrogen-bond acceptors (Lipinski definition) is 2. The summed E-state index contributed by atoms with van der Waals surface area (Å²) in [5, 5.41) is 0. The molecule has 0 amide bonds. The zero-order valence-electron chi connectivity index (χ0n) is 37.6. The van der Waals surface area contributed by atoms with Crippen LogP contribution in [0.5, 0.6) is 0 Å². The van der Waals surface area contributed by atoms with E-state index >= 15 is 0 Å². The molecule has 0 heterocycles. The summed E-state index contributed by atoms with van der Waals surface area (Å²) < 4.78 is 0. The van der Waals surface area contributed by atoms with Crippen LogP contribution in [0.3, 0.4) is 0 Å². The van der Waals surface area contributed by atoms with Gasteiger partial charge in [0, 0.05) is 34.1 Å². The average Bonchev–Trinajstić information content (AvgIpc) is 3.43. The predicted molar refractivity (Wildman–Crippen MR) is 288 cm³/mol. The Morgan fingerprint density at radius 2 is 0.368 bits per heavy atom. The van der Waals surface area contributed by atoms with Gasteiger partial charge in [0.05, 0.1) is 0 Å². The Kier molecular flexibility index (Phi) is 11.8. The fourth-order valence-corrected chi connectivity index (χ4v) is 9.30. The Hall–Kier alpha value is -8.98. The van der Waals surface area contributed by atoms with Crippen LogP contribution in [0.1, 0.15) is 0 Å². The highest BCUT2D eigenvalue weighted by Crippen LogP contribution is 2.43. The largest absolute Gasteiger partial charge is 0.310 e. The molecule has 11 aromatic carbocycles. The Morgan fingerprint density at radius 3 is 0.662 bits per heavy atom. The van der Waals surface area contributed by atoms with E-state index in [1.807, 2.05) is 0 Å². The molecule has 0 aliphatic carbocycles. The first-order valence-electron chi connectivity index (χ1n) is 23.2. The summed E-state index contributed by atoms with van der Waals surface area (Å²) in [5.74, 6) is 0. The van der Waals surface area contributed by atoms with Crippen molar-refractivity contribution in [3.63, 3.8) is 0 Å². The molecule has 0 spiro atoms. The van der Waals surface area contributed by atoms with Gasteiger partial charge in [0.2, 0.25) is 0 Å². The van der Waals surface area contributed by atoms with E-state index in [2.05, 4.69) is 301 Å². The maximum Gasteiger partial charge on any atom is 0.0468 e. The number of benzene rings is 11. The van der Waals surface area contributed by atoms with Crippen LogP contribution in [-0.2, 0) is 0 Å². The van der Waals surface area contributed by atoms with Gasteiger partial charge in [0.15, 0.2) is 0 Å². The van der Waals surface area contributed by atoms with Crippen molar-refractivity contribution in [3.05, 3.63) is 291 Å². The van der Waals surface area contributed by atoms with Gasteiger partial charge in [-0.3, -0.25) is 0 Å². The van der Waals surface area contributed by atoms with Crippen molar-refractivity contribution in [2.45, 2.75) is 0 Å². The molecule has 0 fully saturated rings. The molecule has 0 bridgehead atoms. The van der Waals surface area contributed by atoms with Crippen LogP contribution < -0.4 is 9.80 Å². The maximum absolute atomic E-state index is 2.35. The molecule has 0 atom stereocenters. The molecule has 11 rings (SSSR count). The lowest BCUT2D eigenvalue weighted by atomic mass is 9.93. The molecule has 68 heavy (non-hydrogen) atoms. The Bertz CT molecular complexity index is 3140. The van der Waals surface area contributed by atoms with Gasteiger partial charge in [-0.25, -0.2) is 0 Å². The number of rotatable bonds is 12. The number of nitrogens with zero attached hydrogens (tertiary/aromatic N) is 2. The van der Waals surface area contributed by atoms with Gasteiger partial charge in [-0.15, -0.1) is 0 Å². The monoisotopic (exact) mass is 868 g/mol. The predicted octanol–water partition coefficient (Wildman–Crippen LogP) is 18.6. The van der Waals surface area contributed by atoms with Crippen LogP contribution in [0.25, 0.3) is 66.8 Å². The summed E-state index contributed by atoms with van der Waals surface area (Å²) in [7, 11) is 0. The Labute approximate surface area is 400 Å². The van der Waals surface area contributed by atoms with E-state index in [9.17, 15) is 0 Å². The van der Waals surface area contributed by atoms with Crippen molar-refractivity contribution >= 4 is 34.1 Å². The quantitative estimate of drug-likeness (QED) is 0.121. The standard InChI is InChI=1S/C66H48N2/c1-7-19-53(20-8-1)63-45-43-61(47-65(63)55-23-11-3-12-24-55)67(57-27-15-5-16-28-57)59-39-35-51(36-40-59)49-31-33-50(34-32-49)52-37-41-60(42-38-52)68(58-29-17-6-18-30-58)62-44-46-64(54-21-9-2-10-22-54)66(48-62)56-25-13-4-14-26-56/h1-48H. The maximum atomic E-state index is 2.35. The second-order valence-electron chi connectivity index (χ2n) is 16.9. The van der Waals surface area contributed by atoms with Gasteiger partial charge in [-0.2, -0.15) is 0 Å². The molecule has 2 heteroatoms. The molecule has 0 radical (unpaired) electrons. The number of hydrogen-bond donors (Lipinski definition) is 0. The first-order valence-corrected chi connectivity index (χ1v) is 23.2.